The van der Waals surface area contributed by atoms with Crippen molar-refractivity contribution >= 4 is 29.2 Å². The molecule has 2 N–H and O–H groups in total. The van der Waals surface area contributed by atoms with Crippen LogP contribution < -0.4 is 10.1 Å². The highest BCUT2D eigenvalue weighted by Gasteiger charge is 2.15. The highest BCUT2D eigenvalue weighted by Crippen LogP contribution is 2.28. The summed E-state index contributed by atoms with van der Waals surface area (Å²) in [5.74, 6) is -0.683. The van der Waals surface area contributed by atoms with E-state index in [-0.39, 0.29) is 11.3 Å². The lowest BCUT2D eigenvalue weighted by molar-refractivity contribution is 0.0698. The van der Waals surface area contributed by atoms with Crippen LogP contribution in [0.3, 0.4) is 0 Å². The van der Waals surface area contributed by atoms with E-state index < -0.39 is 11.9 Å². The smallest absolute Gasteiger partial charge is 0.337 e. The molecule has 0 atom stereocenters. The Hall–Kier alpha value is -3.31. The van der Waals surface area contributed by atoms with Gasteiger partial charge in [0, 0.05) is 16.7 Å². The maximum Gasteiger partial charge on any atom is 0.337 e. The molecule has 0 aliphatic heterocycles. The van der Waals surface area contributed by atoms with Crippen LogP contribution in [0.25, 0.3) is 0 Å². The van der Waals surface area contributed by atoms with Gasteiger partial charge in [-0.3, -0.25) is 4.79 Å². The lowest BCUT2D eigenvalue weighted by Crippen LogP contribution is -2.14. The Kier molecular flexibility index (Phi) is 5.20. The van der Waals surface area contributed by atoms with Gasteiger partial charge in [0.15, 0.2) is 0 Å². The van der Waals surface area contributed by atoms with Gasteiger partial charge >= 0.3 is 5.97 Å². The van der Waals surface area contributed by atoms with E-state index in [0.29, 0.717) is 22.1 Å². The predicted molar refractivity (Wildman–Crippen MR) is 99.3 cm³/mol. The molecule has 0 spiro atoms. The number of benzene rings is 3. The van der Waals surface area contributed by atoms with Gasteiger partial charge in [0.1, 0.15) is 11.5 Å². The number of nitrogens with one attached hydrogen (secondary N) is 1. The van der Waals surface area contributed by atoms with Gasteiger partial charge in [-0.25, -0.2) is 4.79 Å². The Morgan fingerprint density at radius 1 is 0.885 bits per heavy atom. The molecule has 0 saturated heterocycles. The molecule has 0 saturated carbocycles. The van der Waals surface area contributed by atoms with Crippen LogP contribution in [0.2, 0.25) is 5.02 Å². The number of halogens is 1. The van der Waals surface area contributed by atoms with Crippen LogP contribution in [0, 0.1) is 0 Å². The number of ether oxygens (including phenoxy) is 1. The lowest BCUT2D eigenvalue weighted by Gasteiger charge is -2.12. The maximum atomic E-state index is 12.3. The zero-order chi connectivity index (χ0) is 18.5. The number of hydrogen-bond acceptors (Lipinski definition) is 3. The fourth-order valence-electron chi connectivity index (χ4n) is 2.33. The van der Waals surface area contributed by atoms with Gasteiger partial charge < -0.3 is 15.2 Å². The quantitative estimate of drug-likeness (QED) is 0.659. The third kappa shape index (κ3) is 4.20. The molecule has 0 aliphatic rings. The van der Waals surface area contributed by atoms with Crippen molar-refractivity contribution < 1.29 is 19.4 Å². The van der Waals surface area contributed by atoms with Crippen molar-refractivity contribution in [3.63, 3.8) is 0 Å². The fourth-order valence-corrected chi connectivity index (χ4v) is 2.51. The van der Waals surface area contributed by atoms with Crippen molar-refractivity contribution in [1.82, 2.24) is 0 Å². The van der Waals surface area contributed by atoms with Gasteiger partial charge in [-0.1, -0.05) is 35.9 Å². The molecule has 5 nitrogen and oxygen atoms in total. The first-order valence-electron chi connectivity index (χ1n) is 7.70. The number of carboxylic acid groups (broad SMARTS) is 1. The topological polar surface area (TPSA) is 75.6 Å². The highest BCUT2D eigenvalue weighted by molar-refractivity contribution is 6.30. The second-order valence-corrected chi connectivity index (χ2v) is 5.83. The Balaban J connectivity index is 1.89. The minimum Gasteiger partial charge on any atom is -0.478 e. The summed E-state index contributed by atoms with van der Waals surface area (Å²) >= 11 is 5.93. The van der Waals surface area contributed by atoms with Crippen LogP contribution in [0.15, 0.2) is 72.8 Å². The zero-order valence-corrected chi connectivity index (χ0v) is 14.2. The van der Waals surface area contributed by atoms with Gasteiger partial charge in [0.25, 0.3) is 5.91 Å². The van der Waals surface area contributed by atoms with Crippen molar-refractivity contribution in [1.29, 1.82) is 0 Å². The summed E-state index contributed by atoms with van der Waals surface area (Å²) in [7, 11) is 0. The van der Waals surface area contributed by atoms with Crippen LogP contribution in [0.1, 0.15) is 20.7 Å². The predicted octanol–water partition coefficient (Wildman–Crippen LogP) is 5.08. The van der Waals surface area contributed by atoms with Crippen molar-refractivity contribution in [2.24, 2.45) is 0 Å². The minimum absolute atomic E-state index is 0.0345. The van der Waals surface area contributed by atoms with Crippen molar-refractivity contribution in [3.05, 3.63) is 88.9 Å². The van der Waals surface area contributed by atoms with Gasteiger partial charge in [-0.2, -0.15) is 0 Å². The molecule has 3 aromatic carbocycles. The number of carbonyl (C=O) groups excluding carboxylic acids is 1. The zero-order valence-electron chi connectivity index (χ0n) is 13.5. The molecule has 0 unspecified atom stereocenters. The number of anilines is 1. The summed E-state index contributed by atoms with van der Waals surface area (Å²) in [5, 5.41) is 12.5. The van der Waals surface area contributed by atoms with Crippen LogP contribution in [-0.4, -0.2) is 17.0 Å². The van der Waals surface area contributed by atoms with E-state index in [1.165, 1.54) is 18.2 Å². The van der Waals surface area contributed by atoms with Gasteiger partial charge in [0.05, 0.1) is 11.3 Å². The molecule has 6 heteroatoms. The Morgan fingerprint density at radius 2 is 1.62 bits per heavy atom. The summed E-state index contributed by atoms with van der Waals surface area (Å²) in [6.07, 6.45) is 0. The van der Waals surface area contributed by atoms with E-state index in [0.717, 1.165) is 0 Å². The average molecular weight is 368 g/mol. The van der Waals surface area contributed by atoms with Crippen LogP contribution >= 0.6 is 11.6 Å². The van der Waals surface area contributed by atoms with Gasteiger partial charge in [-0.15, -0.1) is 0 Å². The van der Waals surface area contributed by atoms with E-state index in [9.17, 15) is 14.7 Å². The average Bonchev–Trinajstić information content (AvgIpc) is 2.62. The first-order chi connectivity index (χ1) is 12.5. The lowest BCUT2D eigenvalue weighted by atomic mass is 10.1. The normalized spacial score (nSPS) is 10.2. The van der Waals surface area contributed by atoms with Gasteiger partial charge in [-0.05, 0) is 42.5 Å². The molecule has 0 heterocycles. The fraction of sp³-hybridized carbons (Fsp3) is 0. The maximum absolute atomic E-state index is 12.3. The third-order valence-corrected chi connectivity index (χ3v) is 3.77. The van der Waals surface area contributed by atoms with E-state index in [4.69, 9.17) is 16.3 Å². The molecule has 26 heavy (non-hydrogen) atoms. The number of rotatable bonds is 5. The highest BCUT2D eigenvalue weighted by atomic mass is 35.5. The molecular formula is C20H14ClNO4. The second-order valence-electron chi connectivity index (χ2n) is 5.39. The van der Waals surface area contributed by atoms with E-state index in [1.807, 2.05) is 0 Å². The molecular weight excluding hydrogens is 354 g/mol. The molecule has 0 aliphatic carbocycles. The Morgan fingerprint density at radius 3 is 2.31 bits per heavy atom. The molecule has 0 aromatic heterocycles. The Bertz CT molecular complexity index is 957. The number of carbonyl (C=O) groups is 2. The SMILES string of the molecule is O=C(Nc1cc(Oc2cccc(Cl)c2)ccc1C(=O)O)c1ccccc1. The van der Waals surface area contributed by atoms with Crippen LogP contribution in [0.4, 0.5) is 5.69 Å². The second kappa shape index (κ2) is 7.72. The molecule has 3 aromatic rings. The molecule has 0 bridgehead atoms. The number of amides is 1. The summed E-state index contributed by atoms with van der Waals surface area (Å²) in [4.78, 5) is 23.8. The van der Waals surface area contributed by atoms with Crippen molar-refractivity contribution in [2.45, 2.75) is 0 Å². The third-order valence-electron chi connectivity index (χ3n) is 3.54. The first kappa shape index (κ1) is 17.5. The molecule has 130 valence electrons. The number of aromatic carboxylic acids is 1. The van der Waals surface area contributed by atoms with E-state index in [1.54, 1.807) is 54.6 Å². The van der Waals surface area contributed by atoms with Crippen LogP contribution in [-0.2, 0) is 0 Å². The summed E-state index contributed by atoms with van der Waals surface area (Å²) in [6.45, 7) is 0. The summed E-state index contributed by atoms with van der Waals surface area (Å²) < 4.78 is 5.69. The van der Waals surface area contributed by atoms with Crippen LogP contribution in [0.5, 0.6) is 11.5 Å². The van der Waals surface area contributed by atoms with E-state index in [2.05, 4.69) is 5.32 Å². The number of carboxylic acids is 1. The number of hydrogen-bond donors (Lipinski definition) is 2. The Labute approximate surface area is 154 Å². The largest absolute Gasteiger partial charge is 0.478 e. The van der Waals surface area contributed by atoms with E-state index >= 15 is 0 Å². The van der Waals surface area contributed by atoms with Crippen molar-refractivity contribution in [3.8, 4) is 11.5 Å². The van der Waals surface area contributed by atoms with Gasteiger partial charge in [0.2, 0.25) is 0 Å². The monoisotopic (exact) mass is 367 g/mol. The summed E-state index contributed by atoms with van der Waals surface area (Å²) in [6, 6.07) is 19.7. The minimum atomic E-state index is -1.15. The molecule has 0 radical (unpaired) electrons. The first-order valence-corrected chi connectivity index (χ1v) is 8.08. The molecule has 1 amide bonds. The van der Waals surface area contributed by atoms with Crippen molar-refractivity contribution in [2.75, 3.05) is 5.32 Å². The standard InChI is InChI=1S/C20H14ClNO4/c21-14-7-4-8-15(11-14)26-16-9-10-17(20(24)25)18(12-16)22-19(23)13-5-2-1-3-6-13/h1-12H,(H,22,23)(H,24,25). The summed E-state index contributed by atoms with van der Waals surface area (Å²) in [5.41, 5.74) is 0.531. The molecule has 3 rings (SSSR count). The molecule has 0 fully saturated rings.